The number of hydrogen-bond donors (Lipinski definition) is 3. The van der Waals surface area contributed by atoms with Crippen LogP contribution in [-0.4, -0.2) is 24.0 Å². The van der Waals surface area contributed by atoms with E-state index in [1.165, 1.54) is 25.4 Å². The van der Waals surface area contributed by atoms with Crippen molar-refractivity contribution in [1.82, 2.24) is 10.3 Å². The van der Waals surface area contributed by atoms with Crippen molar-refractivity contribution in [2.75, 3.05) is 17.7 Å². The number of carbonyl (C=O) groups excluding carboxylic acids is 2. The van der Waals surface area contributed by atoms with Gasteiger partial charge in [-0.05, 0) is 48.5 Å². The Balaban J connectivity index is 1.62. The van der Waals surface area contributed by atoms with E-state index >= 15 is 0 Å². The summed E-state index contributed by atoms with van der Waals surface area (Å²) in [5, 5.41) is 6.83. The maximum atomic E-state index is 12.9. The Labute approximate surface area is 185 Å². The van der Waals surface area contributed by atoms with Crippen molar-refractivity contribution in [3.8, 4) is 11.5 Å². The number of pyridine rings is 1. The summed E-state index contributed by atoms with van der Waals surface area (Å²) in [7, 11) is 1.49. The molecule has 3 N–H and O–H groups in total. The second-order valence-electron chi connectivity index (χ2n) is 6.35. The molecule has 0 radical (unpaired) electrons. The summed E-state index contributed by atoms with van der Waals surface area (Å²) in [6.45, 7) is 0. The molecule has 3 amide bonds. The summed E-state index contributed by atoms with van der Waals surface area (Å²) in [5.41, 5.74) is -0.547. The molecule has 3 aromatic rings. The van der Waals surface area contributed by atoms with Crippen LogP contribution in [0.25, 0.3) is 0 Å². The first-order chi connectivity index (χ1) is 15.2. The van der Waals surface area contributed by atoms with E-state index in [1.54, 1.807) is 30.3 Å². The topological polar surface area (TPSA) is 92.4 Å². The molecular weight excluding hydrogens is 448 g/mol. The molecule has 7 nitrogen and oxygen atoms in total. The highest BCUT2D eigenvalue weighted by molar-refractivity contribution is 6.31. The minimum atomic E-state index is -4.64. The van der Waals surface area contributed by atoms with E-state index in [0.717, 1.165) is 12.1 Å². The Morgan fingerprint density at radius 2 is 1.59 bits per heavy atom. The lowest BCUT2D eigenvalue weighted by Gasteiger charge is -2.12. The highest BCUT2D eigenvalue weighted by Gasteiger charge is 2.33. The molecule has 0 aliphatic heterocycles. The van der Waals surface area contributed by atoms with E-state index in [0.29, 0.717) is 17.2 Å². The SMILES string of the molecule is CNC(=O)c1cc(Oc2ccc(N[11C](=O)Nc3ccc(Cl)c(C(F)(F)F)c3)cc2)ccn1. The average molecular weight is 464 g/mol. The number of urea groups is 1. The Bertz CT molecular complexity index is 1140. The number of aromatic nitrogens is 1. The fourth-order valence-electron chi connectivity index (χ4n) is 2.58. The number of rotatable bonds is 5. The van der Waals surface area contributed by atoms with Crippen LogP contribution >= 0.6 is 11.6 Å². The lowest BCUT2D eigenvalue weighted by atomic mass is 10.1. The predicted octanol–water partition coefficient (Wildman–Crippen LogP) is 5.55. The molecule has 0 bridgehead atoms. The first-order valence-electron chi connectivity index (χ1n) is 9.06. The zero-order chi connectivity index (χ0) is 23.3. The van der Waals surface area contributed by atoms with Crippen molar-refractivity contribution >= 4 is 34.9 Å². The number of nitrogens with one attached hydrogen (secondary N) is 3. The van der Waals surface area contributed by atoms with Crippen LogP contribution in [0.5, 0.6) is 11.5 Å². The monoisotopic (exact) mass is 463 g/mol. The van der Waals surface area contributed by atoms with Gasteiger partial charge in [0.05, 0.1) is 10.6 Å². The first kappa shape index (κ1) is 22.9. The molecule has 1 aromatic heterocycles. The summed E-state index contributed by atoms with van der Waals surface area (Å²) in [6.07, 6.45) is -3.21. The van der Waals surface area contributed by atoms with Gasteiger partial charge in [0.25, 0.3) is 5.91 Å². The van der Waals surface area contributed by atoms with Crippen molar-refractivity contribution in [3.05, 3.63) is 77.1 Å². The molecule has 0 unspecified atom stereocenters. The zero-order valence-electron chi connectivity index (χ0n) is 16.5. The molecule has 32 heavy (non-hydrogen) atoms. The summed E-state index contributed by atoms with van der Waals surface area (Å²) >= 11 is 5.57. The third kappa shape index (κ3) is 5.88. The lowest BCUT2D eigenvalue weighted by Crippen LogP contribution is -2.19. The van der Waals surface area contributed by atoms with Crippen LogP contribution in [0.1, 0.15) is 16.1 Å². The van der Waals surface area contributed by atoms with Crippen LogP contribution in [0.4, 0.5) is 29.3 Å². The smallest absolute Gasteiger partial charge is 0.417 e. The highest BCUT2D eigenvalue weighted by Crippen LogP contribution is 2.36. The van der Waals surface area contributed by atoms with E-state index in [1.807, 2.05) is 0 Å². The number of alkyl halides is 3. The average Bonchev–Trinajstić information content (AvgIpc) is 2.75. The second kappa shape index (κ2) is 9.56. The summed E-state index contributed by atoms with van der Waals surface area (Å²) in [5.74, 6) is 0.460. The van der Waals surface area contributed by atoms with Crippen LogP contribution in [0.15, 0.2) is 60.8 Å². The molecule has 1 heterocycles. The quantitative estimate of drug-likeness (QED) is 0.462. The maximum absolute atomic E-state index is 12.9. The number of carbonyl (C=O) groups is 2. The lowest BCUT2D eigenvalue weighted by molar-refractivity contribution is -0.137. The normalized spacial score (nSPS) is 10.9. The molecule has 0 fully saturated rings. The van der Waals surface area contributed by atoms with Crippen molar-refractivity contribution in [3.63, 3.8) is 0 Å². The van der Waals surface area contributed by atoms with Gasteiger partial charge in [-0.15, -0.1) is 0 Å². The summed E-state index contributed by atoms with van der Waals surface area (Å²) in [6, 6.07) is 11.6. The number of hydrogen-bond acceptors (Lipinski definition) is 4. The molecule has 166 valence electrons. The fraction of sp³-hybridized carbons (Fsp3) is 0.0952. The largest absolute Gasteiger partial charge is 0.457 e. The number of benzene rings is 2. The third-order valence-corrected chi connectivity index (χ3v) is 4.40. The molecule has 0 saturated heterocycles. The number of ether oxygens (including phenoxy) is 1. The molecule has 2 aromatic carbocycles. The van der Waals surface area contributed by atoms with Gasteiger partial charge in [-0.2, -0.15) is 13.2 Å². The third-order valence-electron chi connectivity index (χ3n) is 4.07. The molecule has 0 spiro atoms. The van der Waals surface area contributed by atoms with E-state index in [4.69, 9.17) is 16.3 Å². The minimum Gasteiger partial charge on any atom is -0.457 e. The number of anilines is 2. The van der Waals surface area contributed by atoms with Gasteiger partial charge >= 0.3 is 12.2 Å². The number of amides is 3. The Kier molecular flexibility index (Phi) is 6.84. The van der Waals surface area contributed by atoms with Gasteiger partial charge in [-0.3, -0.25) is 9.78 Å². The van der Waals surface area contributed by atoms with Gasteiger partial charge < -0.3 is 20.7 Å². The van der Waals surface area contributed by atoms with Gasteiger partial charge in [-0.25, -0.2) is 4.79 Å². The maximum Gasteiger partial charge on any atom is 0.417 e. The molecular formula is C21H16ClF3N4O3. The van der Waals surface area contributed by atoms with Crippen LogP contribution in [0, 0.1) is 0 Å². The van der Waals surface area contributed by atoms with Gasteiger partial charge in [0.2, 0.25) is 0 Å². The van der Waals surface area contributed by atoms with Gasteiger partial charge in [0.1, 0.15) is 17.2 Å². The van der Waals surface area contributed by atoms with Crippen molar-refractivity contribution in [2.45, 2.75) is 6.18 Å². The van der Waals surface area contributed by atoms with Crippen LogP contribution in [0.2, 0.25) is 5.02 Å². The van der Waals surface area contributed by atoms with Crippen molar-refractivity contribution in [1.29, 1.82) is 0 Å². The van der Waals surface area contributed by atoms with E-state index in [-0.39, 0.29) is 17.3 Å². The summed E-state index contributed by atoms with van der Waals surface area (Å²) < 4.78 is 44.5. The van der Waals surface area contributed by atoms with E-state index in [9.17, 15) is 22.8 Å². The van der Waals surface area contributed by atoms with Crippen LogP contribution in [-0.2, 0) is 6.18 Å². The second-order valence-corrected chi connectivity index (χ2v) is 6.76. The predicted molar refractivity (Wildman–Crippen MR) is 113 cm³/mol. The van der Waals surface area contributed by atoms with Crippen molar-refractivity contribution in [2.24, 2.45) is 0 Å². The Hall–Kier alpha value is -3.79. The van der Waals surface area contributed by atoms with Crippen molar-refractivity contribution < 1.29 is 27.5 Å². The van der Waals surface area contributed by atoms with Crippen LogP contribution in [0.3, 0.4) is 0 Å². The number of nitrogens with zero attached hydrogens (tertiary/aromatic N) is 1. The van der Waals surface area contributed by atoms with Gasteiger partial charge in [-0.1, -0.05) is 11.6 Å². The molecule has 11 heteroatoms. The minimum absolute atomic E-state index is 0.0659. The van der Waals surface area contributed by atoms with E-state index < -0.39 is 22.8 Å². The fourth-order valence-corrected chi connectivity index (χ4v) is 2.81. The molecule has 0 aliphatic carbocycles. The first-order valence-corrected chi connectivity index (χ1v) is 9.44. The molecule has 3 rings (SSSR count). The standard InChI is InChI=1S/C21H16ClF3N4O3/c1-26-19(30)18-11-15(8-9-27-18)32-14-5-2-12(3-6-14)28-20(31)29-13-4-7-17(22)16(10-13)21(23,24)25/h2-11H,1H3,(H,26,30)(H2,28,29,31)/i20-1. The van der Waals surface area contributed by atoms with E-state index in [2.05, 4.69) is 20.9 Å². The zero-order valence-corrected chi connectivity index (χ0v) is 17.2. The van der Waals surface area contributed by atoms with Gasteiger partial charge in [0, 0.05) is 30.7 Å². The summed E-state index contributed by atoms with van der Waals surface area (Å²) in [4.78, 5) is 27.7. The Morgan fingerprint density at radius 3 is 2.25 bits per heavy atom. The molecule has 0 saturated carbocycles. The van der Waals surface area contributed by atoms with Crippen LogP contribution < -0.4 is 20.7 Å². The Morgan fingerprint density at radius 1 is 0.938 bits per heavy atom. The van der Waals surface area contributed by atoms with Gasteiger partial charge in [0.15, 0.2) is 0 Å². The highest BCUT2D eigenvalue weighted by atomic mass is 35.5. The molecule has 0 aliphatic rings. The molecule has 0 atom stereocenters. The number of halogens is 4.